The quantitative estimate of drug-likeness (QED) is 0.857. The minimum Gasteiger partial charge on any atom is -0.480 e. The average Bonchev–Trinajstić information content (AvgIpc) is 2.33. The number of carbonyl (C=O) groups excluding carboxylic acids is 1. The van der Waals surface area contributed by atoms with Gasteiger partial charge in [-0.25, -0.2) is 4.79 Å². The van der Waals surface area contributed by atoms with Gasteiger partial charge in [0, 0.05) is 4.47 Å². The van der Waals surface area contributed by atoms with Crippen molar-refractivity contribution in [3.05, 3.63) is 33.8 Å². The number of carboxylic acids is 1. The van der Waals surface area contributed by atoms with Gasteiger partial charge in [-0.15, -0.1) is 0 Å². The number of carboxylic acid groups (broad SMARTS) is 1. The van der Waals surface area contributed by atoms with E-state index >= 15 is 0 Å². The molecular formula is C13H13BrF3NO3. The summed E-state index contributed by atoms with van der Waals surface area (Å²) in [6.07, 6.45) is -4.58. The van der Waals surface area contributed by atoms with Crippen molar-refractivity contribution in [1.29, 1.82) is 0 Å². The standard InChI is InChI=1S/C13H13BrF3NO3/c1-6(2)10(12(20)21)18-11(19)8-5-7(13(15,16)17)3-4-9(8)14/h3-6,10H,1-2H3,(H,18,19)(H,20,21)/t10-/m0/s1. The molecule has 0 radical (unpaired) electrons. The first kappa shape index (κ1) is 17.5. The first-order chi connectivity index (χ1) is 9.54. The number of rotatable bonds is 4. The summed E-state index contributed by atoms with van der Waals surface area (Å²) in [6, 6.07) is 1.43. The first-order valence-electron chi connectivity index (χ1n) is 5.94. The molecule has 1 atom stereocenters. The van der Waals surface area contributed by atoms with Gasteiger partial charge in [0.2, 0.25) is 0 Å². The van der Waals surface area contributed by atoms with Crippen molar-refractivity contribution in [3.63, 3.8) is 0 Å². The van der Waals surface area contributed by atoms with Crippen molar-refractivity contribution in [2.45, 2.75) is 26.1 Å². The van der Waals surface area contributed by atoms with Crippen LogP contribution in [-0.4, -0.2) is 23.0 Å². The lowest BCUT2D eigenvalue weighted by Crippen LogP contribution is -2.44. The summed E-state index contributed by atoms with van der Waals surface area (Å²) in [5.74, 6) is -2.54. The second-order valence-corrected chi connectivity index (χ2v) is 5.58. The number of hydrogen-bond donors (Lipinski definition) is 2. The molecule has 0 fully saturated rings. The second kappa shape index (κ2) is 6.46. The van der Waals surface area contributed by atoms with E-state index in [1.165, 1.54) is 0 Å². The molecule has 116 valence electrons. The fourth-order valence-electron chi connectivity index (χ4n) is 1.61. The fourth-order valence-corrected chi connectivity index (χ4v) is 2.03. The minimum absolute atomic E-state index is 0.154. The highest BCUT2D eigenvalue weighted by Gasteiger charge is 2.32. The SMILES string of the molecule is CC(C)[C@H](NC(=O)c1cc(C(F)(F)F)ccc1Br)C(=O)O. The highest BCUT2D eigenvalue weighted by Crippen LogP contribution is 2.31. The summed E-state index contributed by atoms with van der Waals surface area (Å²) in [4.78, 5) is 23.0. The van der Waals surface area contributed by atoms with E-state index < -0.39 is 35.6 Å². The predicted molar refractivity (Wildman–Crippen MR) is 72.9 cm³/mol. The number of halogens is 4. The van der Waals surface area contributed by atoms with Crippen molar-refractivity contribution in [3.8, 4) is 0 Å². The van der Waals surface area contributed by atoms with E-state index in [4.69, 9.17) is 5.11 Å². The zero-order chi connectivity index (χ0) is 16.4. The van der Waals surface area contributed by atoms with Gasteiger partial charge in [-0.3, -0.25) is 4.79 Å². The van der Waals surface area contributed by atoms with Gasteiger partial charge in [-0.2, -0.15) is 13.2 Å². The van der Waals surface area contributed by atoms with Gasteiger partial charge < -0.3 is 10.4 Å². The molecule has 0 saturated heterocycles. The summed E-state index contributed by atoms with van der Waals surface area (Å²) >= 11 is 2.99. The molecule has 1 amide bonds. The number of amides is 1. The predicted octanol–water partition coefficient (Wildman–Crippen LogP) is 3.31. The summed E-state index contributed by atoms with van der Waals surface area (Å²) in [5.41, 5.74) is -1.25. The molecule has 0 saturated carbocycles. The molecule has 4 nitrogen and oxygen atoms in total. The summed E-state index contributed by atoms with van der Waals surface area (Å²) in [7, 11) is 0. The normalized spacial score (nSPS) is 13.1. The zero-order valence-corrected chi connectivity index (χ0v) is 12.7. The van der Waals surface area contributed by atoms with Crippen LogP contribution in [0.5, 0.6) is 0 Å². The number of aliphatic carboxylic acids is 1. The van der Waals surface area contributed by atoms with Crippen LogP contribution in [-0.2, 0) is 11.0 Å². The molecule has 0 heterocycles. The van der Waals surface area contributed by atoms with Crippen molar-refractivity contribution >= 4 is 27.8 Å². The van der Waals surface area contributed by atoms with E-state index in [2.05, 4.69) is 21.2 Å². The molecule has 0 aromatic heterocycles. The third kappa shape index (κ3) is 4.45. The maximum Gasteiger partial charge on any atom is 0.416 e. The Morgan fingerprint density at radius 3 is 2.29 bits per heavy atom. The maximum absolute atomic E-state index is 12.6. The Morgan fingerprint density at radius 1 is 1.29 bits per heavy atom. The molecule has 1 aromatic rings. The van der Waals surface area contributed by atoms with Gasteiger partial charge in [0.1, 0.15) is 6.04 Å². The Morgan fingerprint density at radius 2 is 1.86 bits per heavy atom. The summed E-state index contributed by atoms with van der Waals surface area (Å²) in [5, 5.41) is 11.2. The molecule has 8 heteroatoms. The van der Waals surface area contributed by atoms with Crippen LogP contribution < -0.4 is 5.32 Å². The molecule has 21 heavy (non-hydrogen) atoms. The Bertz CT molecular complexity index is 558. The van der Waals surface area contributed by atoms with Gasteiger partial charge in [0.25, 0.3) is 5.91 Å². The fraction of sp³-hybridized carbons (Fsp3) is 0.385. The van der Waals surface area contributed by atoms with Crippen molar-refractivity contribution in [2.24, 2.45) is 5.92 Å². The smallest absolute Gasteiger partial charge is 0.416 e. The third-order valence-corrected chi connectivity index (χ3v) is 3.45. The van der Waals surface area contributed by atoms with Gasteiger partial charge in [0.05, 0.1) is 11.1 Å². The lowest BCUT2D eigenvalue weighted by molar-refractivity contribution is -0.140. The van der Waals surface area contributed by atoms with Crippen LogP contribution >= 0.6 is 15.9 Å². The van der Waals surface area contributed by atoms with Crippen LogP contribution in [0.15, 0.2) is 22.7 Å². The topological polar surface area (TPSA) is 66.4 Å². The Hall–Kier alpha value is -1.57. The average molecular weight is 368 g/mol. The number of carbonyl (C=O) groups is 2. The second-order valence-electron chi connectivity index (χ2n) is 4.73. The lowest BCUT2D eigenvalue weighted by Gasteiger charge is -2.18. The van der Waals surface area contributed by atoms with Crippen LogP contribution in [0.4, 0.5) is 13.2 Å². The molecule has 1 aromatic carbocycles. The molecule has 0 bridgehead atoms. The molecule has 0 aliphatic carbocycles. The molecule has 2 N–H and O–H groups in total. The molecule has 0 aliphatic heterocycles. The molecule has 0 spiro atoms. The van der Waals surface area contributed by atoms with Crippen molar-refractivity contribution in [1.82, 2.24) is 5.32 Å². The summed E-state index contributed by atoms with van der Waals surface area (Å²) in [6.45, 7) is 3.17. The van der Waals surface area contributed by atoms with Gasteiger partial charge >= 0.3 is 12.1 Å². The Balaban J connectivity index is 3.10. The van der Waals surface area contributed by atoms with E-state index in [-0.39, 0.29) is 10.0 Å². The third-order valence-electron chi connectivity index (χ3n) is 2.76. The number of hydrogen-bond acceptors (Lipinski definition) is 2. The van der Waals surface area contributed by atoms with Crippen LogP contribution in [0, 0.1) is 5.92 Å². The van der Waals surface area contributed by atoms with Crippen LogP contribution in [0.2, 0.25) is 0 Å². The molecular weight excluding hydrogens is 355 g/mol. The number of benzene rings is 1. The zero-order valence-electron chi connectivity index (χ0n) is 11.2. The highest BCUT2D eigenvalue weighted by atomic mass is 79.9. The highest BCUT2D eigenvalue weighted by molar-refractivity contribution is 9.10. The Kier molecular flexibility index (Phi) is 5.38. The van der Waals surface area contributed by atoms with Crippen LogP contribution in [0.1, 0.15) is 29.8 Å². The molecule has 1 rings (SSSR count). The van der Waals surface area contributed by atoms with Gasteiger partial charge in [0.15, 0.2) is 0 Å². The van der Waals surface area contributed by atoms with E-state index in [1.807, 2.05) is 0 Å². The molecule has 0 aliphatic rings. The number of nitrogens with one attached hydrogen (secondary N) is 1. The van der Waals surface area contributed by atoms with E-state index in [9.17, 15) is 22.8 Å². The van der Waals surface area contributed by atoms with Gasteiger partial charge in [-0.05, 0) is 40.0 Å². The lowest BCUT2D eigenvalue weighted by atomic mass is 10.0. The van der Waals surface area contributed by atoms with Gasteiger partial charge in [-0.1, -0.05) is 13.8 Å². The summed E-state index contributed by atoms with van der Waals surface area (Å²) < 4.78 is 38.1. The van der Waals surface area contributed by atoms with Crippen LogP contribution in [0.3, 0.4) is 0 Å². The van der Waals surface area contributed by atoms with Crippen molar-refractivity contribution in [2.75, 3.05) is 0 Å². The van der Waals surface area contributed by atoms with Crippen LogP contribution in [0.25, 0.3) is 0 Å². The minimum atomic E-state index is -4.58. The Labute approximate surface area is 127 Å². The van der Waals surface area contributed by atoms with E-state index in [1.54, 1.807) is 13.8 Å². The number of alkyl halides is 3. The largest absolute Gasteiger partial charge is 0.480 e. The first-order valence-corrected chi connectivity index (χ1v) is 6.73. The maximum atomic E-state index is 12.6. The van der Waals surface area contributed by atoms with E-state index in [0.717, 1.165) is 12.1 Å². The van der Waals surface area contributed by atoms with E-state index in [0.29, 0.717) is 6.07 Å². The van der Waals surface area contributed by atoms with Crippen molar-refractivity contribution < 1.29 is 27.9 Å². The molecule has 0 unspecified atom stereocenters. The monoisotopic (exact) mass is 367 g/mol.